The Kier molecular flexibility index (Phi) is 1.52. The number of aryl methyl sites for hydroxylation is 1. The summed E-state index contributed by atoms with van der Waals surface area (Å²) in [5.74, 6) is -2.67. The second kappa shape index (κ2) is 2.29. The molecule has 2 rings (SSSR count). The summed E-state index contributed by atoms with van der Waals surface area (Å²) in [6, 6.07) is 0. The van der Waals surface area contributed by atoms with Crippen molar-refractivity contribution in [3.05, 3.63) is 18.2 Å². The summed E-state index contributed by atoms with van der Waals surface area (Å²) in [5.41, 5.74) is 4.58. The van der Waals surface area contributed by atoms with Crippen molar-refractivity contribution in [2.24, 2.45) is 12.8 Å². The van der Waals surface area contributed by atoms with Crippen molar-refractivity contribution in [3.8, 4) is 0 Å². The van der Waals surface area contributed by atoms with E-state index < -0.39 is 11.3 Å². The number of halogens is 2. The molecule has 1 aromatic heterocycles. The summed E-state index contributed by atoms with van der Waals surface area (Å²) in [7, 11) is 1.75. The SMILES string of the molecule is Cn1cnc(C2(CN)CC2(F)F)c1. The zero-order valence-corrected chi connectivity index (χ0v) is 7.30. The van der Waals surface area contributed by atoms with Crippen LogP contribution in [0.5, 0.6) is 0 Å². The number of hydrogen-bond acceptors (Lipinski definition) is 2. The first-order chi connectivity index (χ1) is 6.02. The highest BCUT2D eigenvalue weighted by Crippen LogP contribution is 2.60. The molecule has 1 unspecified atom stereocenters. The van der Waals surface area contributed by atoms with Gasteiger partial charge in [0.15, 0.2) is 0 Å². The molecule has 3 nitrogen and oxygen atoms in total. The van der Waals surface area contributed by atoms with Gasteiger partial charge in [0.2, 0.25) is 0 Å². The summed E-state index contributed by atoms with van der Waals surface area (Å²) >= 11 is 0. The summed E-state index contributed by atoms with van der Waals surface area (Å²) in [6.07, 6.45) is 2.95. The quantitative estimate of drug-likeness (QED) is 0.739. The molecule has 1 aliphatic carbocycles. The van der Waals surface area contributed by atoms with Crippen molar-refractivity contribution in [2.75, 3.05) is 6.54 Å². The van der Waals surface area contributed by atoms with Gasteiger partial charge in [-0.2, -0.15) is 0 Å². The van der Waals surface area contributed by atoms with Gasteiger partial charge in [-0.25, -0.2) is 13.8 Å². The van der Waals surface area contributed by atoms with E-state index in [1.165, 1.54) is 6.33 Å². The Morgan fingerprint density at radius 3 is 2.62 bits per heavy atom. The average molecular weight is 187 g/mol. The molecule has 0 spiro atoms. The van der Waals surface area contributed by atoms with Crippen LogP contribution in [0.3, 0.4) is 0 Å². The second-order valence-corrected chi connectivity index (χ2v) is 3.59. The van der Waals surface area contributed by atoms with Crippen LogP contribution in [0.15, 0.2) is 12.5 Å². The molecule has 0 saturated heterocycles. The number of aromatic nitrogens is 2. The summed E-state index contributed by atoms with van der Waals surface area (Å²) in [4.78, 5) is 3.92. The van der Waals surface area contributed by atoms with E-state index in [4.69, 9.17) is 5.73 Å². The fraction of sp³-hybridized carbons (Fsp3) is 0.625. The van der Waals surface area contributed by atoms with Gasteiger partial charge in [-0.1, -0.05) is 0 Å². The highest BCUT2D eigenvalue weighted by Gasteiger charge is 2.72. The third kappa shape index (κ3) is 0.997. The molecule has 72 valence electrons. The van der Waals surface area contributed by atoms with Gasteiger partial charge in [-0.05, 0) is 0 Å². The molecular weight excluding hydrogens is 176 g/mol. The maximum absolute atomic E-state index is 13.0. The topological polar surface area (TPSA) is 43.8 Å². The van der Waals surface area contributed by atoms with Gasteiger partial charge >= 0.3 is 0 Å². The van der Waals surface area contributed by atoms with Gasteiger partial charge in [-0.15, -0.1) is 0 Å². The maximum Gasteiger partial charge on any atom is 0.261 e. The first-order valence-corrected chi connectivity index (χ1v) is 4.08. The molecular formula is C8H11F2N3. The van der Waals surface area contributed by atoms with E-state index in [9.17, 15) is 8.78 Å². The lowest BCUT2D eigenvalue weighted by atomic mass is 10.0. The minimum atomic E-state index is -2.67. The molecule has 0 aliphatic heterocycles. The van der Waals surface area contributed by atoms with Crippen LogP contribution in [0.1, 0.15) is 12.1 Å². The lowest BCUT2D eigenvalue weighted by molar-refractivity contribution is 0.0887. The summed E-state index contributed by atoms with van der Waals surface area (Å²) in [5, 5.41) is 0. The van der Waals surface area contributed by atoms with E-state index in [2.05, 4.69) is 4.98 Å². The minimum Gasteiger partial charge on any atom is -0.340 e. The fourth-order valence-corrected chi connectivity index (χ4v) is 1.60. The predicted octanol–water partition coefficient (Wildman–Crippen LogP) is 0.656. The lowest BCUT2D eigenvalue weighted by Crippen LogP contribution is -2.27. The number of nitrogens with two attached hydrogens (primary N) is 1. The van der Waals surface area contributed by atoms with E-state index >= 15 is 0 Å². The first kappa shape index (κ1) is 8.62. The zero-order chi connectivity index (χ0) is 9.69. The van der Waals surface area contributed by atoms with E-state index in [1.807, 2.05) is 0 Å². The normalized spacial score (nSPS) is 30.5. The molecule has 1 aliphatic rings. The van der Waals surface area contributed by atoms with Crippen LogP contribution >= 0.6 is 0 Å². The average Bonchev–Trinajstić information content (AvgIpc) is 2.43. The van der Waals surface area contributed by atoms with Gasteiger partial charge in [0, 0.05) is 26.2 Å². The molecule has 13 heavy (non-hydrogen) atoms. The van der Waals surface area contributed by atoms with E-state index in [-0.39, 0.29) is 13.0 Å². The van der Waals surface area contributed by atoms with Crippen LogP contribution in [0.4, 0.5) is 8.78 Å². The summed E-state index contributed by atoms with van der Waals surface area (Å²) < 4.78 is 27.7. The van der Waals surface area contributed by atoms with E-state index in [0.29, 0.717) is 5.69 Å². The van der Waals surface area contributed by atoms with E-state index in [0.717, 1.165) is 0 Å². The first-order valence-electron chi connectivity index (χ1n) is 4.08. The predicted molar refractivity (Wildman–Crippen MR) is 43.5 cm³/mol. The Hall–Kier alpha value is -0.970. The molecule has 1 saturated carbocycles. The van der Waals surface area contributed by atoms with Gasteiger partial charge in [0.05, 0.1) is 17.4 Å². The van der Waals surface area contributed by atoms with Gasteiger partial charge in [0.1, 0.15) is 0 Å². The van der Waals surface area contributed by atoms with Crippen molar-refractivity contribution in [2.45, 2.75) is 17.8 Å². The molecule has 0 amide bonds. The molecule has 1 aromatic rings. The van der Waals surface area contributed by atoms with Crippen molar-refractivity contribution >= 4 is 0 Å². The molecule has 0 aromatic carbocycles. The van der Waals surface area contributed by atoms with Crippen molar-refractivity contribution in [1.82, 2.24) is 9.55 Å². The maximum atomic E-state index is 13.0. The van der Waals surface area contributed by atoms with Crippen LogP contribution in [0.2, 0.25) is 0 Å². The van der Waals surface area contributed by atoms with Crippen molar-refractivity contribution in [1.29, 1.82) is 0 Å². The minimum absolute atomic E-state index is 0.0446. The van der Waals surface area contributed by atoms with Crippen LogP contribution in [0.25, 0.3) is 0 Å². The Balaban J connectivity index is 2.35. The summed E-state index contributed by atoms with van der Waals surface area (Å²) in [6.45, 7) is -0.0446. The highest BCUT2D eigenvalue weighted by atomic mass is 19.3. The molecule has 1 fully saturated rings. The van der Waals surface area contributed by atoms with Gasteiger partial charge in [0.25, 0.3) is 5.92 Å². The van der Waals surface area contributed by atoms with Crippen LogP contribution in [-0.2, 0) is 12.5 Å². The molecule has 5 heteroatoms. The monoisotopic (exact) mass is 187 g/mol. The Morgan fingerprint density at radius 2 is 2.31 bits per heavy atom. The number of hydrogen-bond donors (Lipinski definition) is 1. The number of imidazole rings is 1. The Morgan fingerprint density at radius 1 is 1.69 bits per heavy atom. The molecule has 0 radical (unpaired) electrons. The van der Waals surface area contributed by atoms with Crippen LogP contribution in [-0.4, -0.2) is 22.0 Å². The third-order valence-electron chi connectivity index (χ3n) is 2.64. The molecule has 2 N–H and O–H groups in total. The van der Waals surface area contributed by atoms with Crippen molar-refractivity contribution in [3.63, 3.8) is 0 Å². The van der Waals surface area contributed by atoms with E-state index in [1.54, 1.807) is 17.8 Å². The smallest absolute Gasteiger partial charge is 0.261 e. The van der Waals surface area contributed by atoms with Crippen molar-refractivity contribution < 1.29 is 8.78 Å². The van der Waals surface area contributed by atoms with Gasteiger partial charge in [-0.3, -0.25) is 0 Å². The number of rotatable bonds is 2. The van der Waals surface area contributed by atoms with Crippen LogP contribution < -0.4 is 5.73 Å². The standard InChI is InChI=1S/C8H11F2N3/c1-13-2-6(12-5-13)7(4-11)3-8(7,9)10/h2,5H,3-4,11H2,1H3. The Bertz CT molecular complexity index is 334. The fourth-order valence-electron chi connectivity index (χ4n) is 1.60. The second-order valence-electron chi connectivity index (χ2n) is 3.59. The number of nitrogens with zero attached hydrogens (tertiary/aromatic N) is 2. The molecule has 0 bridgehead atoms. The number of alkyl halides is 2. The molecule has 1 atom stereocenters. The van der Waals surface area contributed by atoms with Gasteiger partial charge < -0.3 is 10.3 Å². The zero-order valence-electron chi connectivity index (χ0n) is 7.30. The molecule has 1 heterocycles. The highest BCUT2D eigenvalue weighted by molar-refractivity contribution is 5.32. The van der Waals surface area contributed by atoms with Crippen LogP contribution in [0, 0.1) is 0 Å². The lowest BCUT2D eigenvalue weighted by Gasteiger charge is -2.09. The Labute approximate surface area is 74.6 Å². The third-order valence-corrected chi connectivity index (χ3v) is 2.64. The largest absolute Gasteiger partial charge is 0.340 e.